The van der Waals surface area contributed by atoms with E-state index in [1.54, 1.807) is 0 Å². The Bertz CT molecular complexity index is 329. The molecule has 2 heterocycles. The molecule has 122 valence electrons. The second kappa shape index (κ2) is 7.48. The lowest BCUT2D eigenvalue weighted by Gasteiger charge is -2.37. The zero-order chi connectivity index (χ0) is 15.4. The van der Waals surface area contributed by atoms with Crippen molar-refractivity contribution in [3.05, 3.63) is 0 Å². The van der Waals surface area contributed by atoms with Gasteiger partial charge in [-0.1, -0.05) is 20.8 Å². The second-order valence-electron chi connectivity index (χ2n) is 7.60. The number of amides is 2. The van der Waals surface area contributed by atoms with Gasteiger partial charge in [0.2, 0.25) is 0 Å². The van der Waals surface area contributed by atoms with Crippen LogP contribution in [0.15, 0.2) is 0 Å². The highest BCUT2D eigenvalue weighted by atomic mass is 16.2. The van der Waals surface area contributed by atoms with Crippen molar-refractivity contribution in [2.75, 3.05) is 32.7 Å². The van der Waals surface area contributed by atoms with Gasteiger partial charge in [-0.2, -0.15) is 0 Å². The maximum atomic E-state index is 12.3. The molecule has 21 heavy (non-hydrogen) atoms. The molecule has 0 radical (unpaired) electrons. The van der Waals surface area contributed by atoms with Crippen LogP contribution in [0.1, 0.15) is 47.0 Å². The number of carbonyl (C=O) groups is 1. The summed E-state index contributed by atoms with van der Waals surface area (Å²) in [6.45, 7) is 14.0. The molecule has 0 saturated carbocycles. The fraction of sp³-hybridized carbons (Fsp3) is 0.941. The van der Waals surface area contributed by atoms with Crippen molar-refractivity contribution in [2.24, 2.45) is 17.8 Å². The molecule has 0 bridgehead atoms. The third-order valence-corrected chi connectivity index (χ3v) is 5.15. The number of nitrogens with zero attached hydrogens (tertiary/aromatic N) is 2. The largest absolute Gasteiger partial charge is 0.336 e. The highest BCUT2D eigenvalue weighted by molar-refractivity contribution is 5.74. The molecular weight excluding hydrogens is 262 g/mol. The Labute approximate surface area is 130 Å². The van der Waals surface area contributed by atoms with Gasteiger partial charge in [0, 0.05) is 25.7 Å². The van der Waals surface area contributed by atoms with Crippen molar-refractivity contribution in [2.45, 2.75) is 53.0 Å². The Balaban J connectivity index is 1.73. The van der Waals surface area contributed by atoms with Gasteiger partial charge in [0.15, 0.2) is 0 Å². The summed E-state index contributed by atoms with van der Waals surface area (Å²) in [5, 5.41) is 3.15. The monoisotopic (exact) mass is 295 g/mol. The first-order chi connectivity index (χ1) is 9.95. The lowest BCUT2D eigenvalue weighted by atomic mass is 9.92. The minimum absolute atomic E-state index is 0.130. The number of urea groups is 1. The van der Waals surface area contributed by atoms with Crippen LogP contribution in [-0.4, -0.2) is 54.6 Å². The molecule has 3 atom stereocenters. The zero-order valence-electron chi connectivity index (χ0n) is 14.3. The predicted octanol–water partition coefficient (Wildman–Crippen LogP) is 2.79. The molecule has 2 fully saturated rings. The van der Waals surface area contributed by atoms with E-state index in [0.717, 1.165) is 25.6 Å². The van der Waals surface area contributed by atoms with E-state index in [9.17, 15) is 4.79 Å². The Morgan fingerprint density at radius 1 is 1.10 bits per heavy atom. The molecule has 4 nitrogen and oxygen atoms in total. The molecule has 2 saturated heterocycles. The van der Waals surface area contributed by atoms with Crippen LogP contribution in [0.3, 0.4) is 0 Å². The van der Waals surface area contributed by atoms with Gasteiger partial charge in [0.05, 0.1) is 0 Å². The molecule has 0 aliphatic carbocycles. The number of hydrogen-bond acceptors (Lipinski definition) is 2. The standard InChI is InChI=1S/C17H33N3O/c1-13-5-7-19(8-6-13)16(4)10-18-17(21)20-11-14(2)9-15(3)12-20/h13-16H,5-12H2,1-4H3,(H,18,21). The van der Waals surface area contributed by atoms with E-state index in [1.165, 1.54) is 32.4 Å². The normalized spacial score (nSPS) is 30.2. The van der Waals surface area contributed by atoms with Crippen molar-refractivity contribution >= 4 is 6.03 Å². The number of piperidine rings is 2. The molecule has 3 unspecified atom stereocenters. The Morgan fingerprint density at radius 2 is 1.67 bits per heavy atom. The molecular formula is C17H33N3O. The van der Waals surface area contributed by atoms with Crippen LogP contribution in [0.2, 0.25) is 0 Å². The lowest BCUT2D eigenvalue weighted by Crippen LogP contribution is -2.51. The SMILES string of the molecule is CC1CCN(C(C)CNC(=O)N2CC(C)CC(C)C2)CC1. The summed E-state index contributed by atoms with van der Waals surface area (Å²) in [7, 11) is 0. The van der Waals surface area contributed by atoms with Gasteiger partial charge >= 0.3 is 6.03 Å². The van der Waals surface area contributed by atoms with Crippen LogP contribution in [0.5, 0.6) is 0 Å². The highest BCUT2D eigenvalue weighted by Crippen LogP contribution is 2.21. The number of likely N-dealkylation sites (tertiary alicyclic amines) is 2. The minimum Gasteiger partial charge on any atom is -0.336 e. The molecule has 4 heteroatoms. The quantitative estimate of drug-likeness (QED) is 0.869. The number of nitrogens with one attached hydrogen (secondary N) is 1. The van der Waals surface area contributed by atoms with Gasteiger partial charge in [-0.15, -0.1) is 0 Å². The predicted molar refractivity (Wildman–Crippen MR) is 87.3 cm³/mol. The number of rotatable bonds is 3. The fourth-order valence-corrected chi connectivity index (χ4v) is 3.77. The maximum Gasteiger partial charge on any atom is 0.317 e. The topological polar surface area (TPSA) is 35.6 Å². The second-order valence-corrected chi connectivity index (χ2v) is 7.60. The van der Waals surface area contributed by atoms with Crippen molar-refractivity contribution < 1.29 is 4.79 Å². The van der Waals surface area contributed by atoms with Gasteiger partial charge in [-0.3, -0.25) is 4.90 Å². The maximum absolute atomic E-state index is 12.3. The molecule has 2 aliphatic heterocycles. The molecule has 0 aromatic heterocycles. The van der Waals surface area contributed by atoms with Crippen LogP contribution in [0.25, 0.3) is 0 Å². The van der Waals surface area contributed by atoms with E-state index in [2.05, 4.69) is 37.9 Å². The summed E-state index contributed by atoms with van der Waals surface area (Å²) in [6, 6.07) is 0.576. The summed E-state index contributed by atoms with van der Waals surface area (Å²) in [5.74, 6) is 2.11. The summed E-state index contributed by atoms with van der Waals surface area (Å²) >= 11 is 0. The van der Waals surface area contributed by atoms with Crippen molar-refractivity contribution in [1.29, 1.82) is 0 Å². The van der Waals surface area contributed by atoms with Gasteiger partial charge < -0.3 is 10.2 Å². The molecule has 1 N–H and O–H groups in total. The van der Waals surface area contributed by atoms with Crippen LogP contribution in [0, 0.1) is 17.8 Å². The zero-order valence-corrected chi connectivity index (χ0v) is 14.3. The number of carbonyl (C=O) groups excluding carboxylic acids is 1. The van der Waals surface area contributed by atoms with Crippen LogP contribution in [0.4, 0.5) is 4.79 Å². The lowest BCUT2D eigenvalue weighted by molar-refractivity contribution is 0.130. The molecule has 2 amide bonds. The average Bonchev–Trinajstić information content (AvgIpc) is 2.44. The van der Waals surface area contributed by atoms with Gasteiger partial charge in [-0.05, 0) is 57.0 Å². The molecule has 0 spiro atoms. The van der Waals surface area contributed by atoms with E-state index in [0.29, 0.717) is 17.9 Å². The molecule has 2 aliphatic rings. The van der Waals surface area contributed by atoms with Gasteiger partial charge in [0.1, 0.15) is 0 Å². The third-order valence-electron chi connectivity index (χ3n) is 5.15. The van der Waals surface area contributed by atoms with Crippen LogP contribution in [-0.2, 0) is 0 Å². The van der Waals surface area contributed by atoms with E-state index >= 15 is 0 Å². The first-order valence-corrected chi connectivity index (χ1v) is 8.72. The van der Waals surface area contributed by atoms with Crippen molar-refractivity contribution in [3.8, 4) is 0 Å². The van der Waals surface area contributed by atoms with Crippen molar-refractivity contribution in [1.82, 2.24) is 15.1 Å². The van der Waals surface area contributed by atoms with Crippen LogP contribution < -0.4 is 5.32 Å². The Morgan fingerprint density at radius 3 is 2.24 bits per heavy atom. The Kier molecular flexibility index (Phi) is 5.91. The number of hydrogen-bond donors (Lipinski definition) is 1. The summed E-state index contributed by atoms with van der Waals surface area (Å²) < 4.78 is 0. The van der Waals surface area contributed by atoms with E-state index in [4.69, 9.17) is 0 Å². The summed E-state index contributed by atoms with van der Waals surface area (Å²) in [5.41, 5.74) is 0. The summed E-state index contributed by atoms with van der Waals surface area (Å²) in [6.07, 6.45) is 3.82. The van der Waals surface area contributed by atoms with E-state index < -0.39 is 0 Å². The van der Waals surface area contributed by atoms with Gasteiger partial charge in [0.25, 0.3) is 0 Å². The van der Waals surface area contributed by atoms with E-state index in [-0.39, 0.29) is 6.03 Å². The molecule has 0 aromatic rings. The van der Waals surface area contributed by atoms with Crippen LogP contribution >= 0.6 is 0 Å². The van der Waals surface area contributed by atoms with Gasteiger partial charge in [-0.25, -0.2) is 4.79 Å². The fourth-order valence-electron chi connectivity index (χ4n) is 3.77. The van der Waals surface area contributed by atoms with Crippen molar-refractivity contribution in [3.63, 3.8) is 0 Å². The molecule has 2 rings (SSSR count). The third kappa shape index (κ3) is 4.87. The highest BCUT2D eigenvalue weighted by Gasteiger charge is 2.26. The Hall–Kier alpha value is -0.770. The first kappa shape index (κ1) is 16.6. The average molecular weight is 295 g/mol. The minimum atomic E-state index is 0.130. The molecule has 0 aromatic carbocycles. The van der Waals surface area contributed by atoms with E-state index in [1.807, 2.05) is 4.90 Å². The first-order valence-electron chi connectivity index (χ1n) is 8.72. The smallest absolute Gasteiger partial charge is 0.317 e. The summed E-state index contributed by atoms with van der Waals surface area (Å²) in [4.78, 5) is 16.8.